The van der Waals surface area contributed by atoms with Gasteiger partial charge in [0.15, 0.2) is 5.15 Å². The van der Waals surface area contributed by atoms with Gasteiger partial charge in [-0.05, 0) is 11.6 Å². The van der Waals surface area contributed by atoms with Crippen molar-refractivity contribution in [2.75, 3.05) is 13.2 Å². The van der Waals surface area contributed by atoms with Crippen LogP contribution >= 0.6 is 11.6 Å². The van der Waals surface area contributed by atoms with Gasteiger partial charge in [0.25, 0.3) is 0 Å². The zero-order valence-corrected chi connectivity index (χ0v) is 9.98. The molecule has 0 saturated carbocycles. The van der Waals surface area contributed by atoms with Crippen LogP contribution in [0.1, 0.15) is 11.3 Å². The summed E-state index contributed by atoms with van der Waals surface area (Å²) >= 11 is 5.77. The molecule has 2 heterocycles. The van der Waals surface area contributed by atoms with E-state index in [1.165, 1.54) is 6.08 Å². The Morgan fingerprint density at radius 2 is 2.47 bits per heavy atom. The fourth-order valence-corrected chi connectivity index (χ4v) is 1.85. The second-order valence-corrected chi connectivity index (χ2v) is 4.06. The summed E-state index contributed by atoms with van der Waals surface area (Å²) in [7, 11) is 0. The van der Waals surface area contributed by atoms with E-state index in [1.54, 1.807) is 11.0 Å². The molecule has 0 aromatic carbocycles. The quantitative estimate of drug-likeness (QED) is 0.755. The predicted molar refractivity (Wildman–Crippen MR) is 62.7 cm³/mol. The van der Waals surface area contributed by atoms with Gasteiger partial charge in [-0.2, -0.15) is 5.10 Å². The molecule has 0 fully saturated rings. The molecule has 90 valence electrons. The van der Waals surface area contributed by atoms with Gasteiger partial charge in [0.05, 0.1) is 12.2 Å². The third-order valence-electron chi connectivity index (χ3n) is 2.49. The topological polar surface area (TPSA) is 55.3 Å². The average Bonchev–Trinajstić information content (AvgIpc) is 2.35. The first kappa shape index (κ1) is 11.9. The molecule has 0 spiro atoms. The molecule has 0 radical (unpaired) electrons. The summed E-state index contributed by atoms with van der Waals surface area (Å²) in [6, 6.07) is 1.73. The monoisotopic (exact) mass is 253 g/mol. The molecule has 1 aromatic heterocycles. The highest BCUT2D eigenvalue weighted by Crippen LogP contribution is 2.19. The van der Waals surface area contributed by atoms with Crippen molar-refractivity contribution in [1.82, 2.24) is 15.1 Å². The number of ether oxygens (including phenoxy) is 1. The van der Waals surface area contributed by atoms with Gasteiger partial charge >= 0.3 is 6.09 Å². The first-order valence-electron chi connectivity index (χ1n) is 5.24. The van der Waals surface area contributed by atoms with Gasteiger partial charge in [-0.15, -0.1) is 5.10 Å². The van der Waals surface area contributed by atoms with Crippen LogP contribution in [0.2, 0.25) is 5.15 Å². The van der Waals surface area contributed by atoms with Crippen molar-refractivity contribution in [1.29, 1.82) is 0 Å². The van der Waals surface area contributed by atoms with Crippen LogP contribution in [0.4, 0.5) is 4.79 Å². The SMILES string of the molecule is C=CCOC(=O)N1CCc2nnc(Cl)cc2C1. The van der Waals surface area contributed by atoms with Gasteiger partial charge in [-0.25, -0.2) is 4.79 Å². The Labute approximate surface area is 104 Å². The fourth-order valence-electron chi connectivity index (χ4n) is 1.68. The lowest BCUT2D eigenvalue weighted by Crippen LogP contribution is -2.36. The third-order valence-corrected chi connectivity index (χ3v) is 2.68. The minimum absolute atomic E-state index is 0.220. The molecule has 0 unspecified atom stereocenters. The van der Waals surface area contributed by atoms with E-state index in [2.05, 4.69) is 16.8 Å². The molecule has 1 aliphatic rings. The smallest absolute Gasteiger partial charge is 0.410 e. The zero-order chi connectivity index (χ0) is 12.3. The molecule has 6 heteroatoms. The Morgan fingerprint density at radius 3 is 3.24 bits per heavy atom. The Balaban J connectivity index is 2.07. The summed E-state index contributed by atoms with van der Waals surface area (Å²) in [5.41, 5.74) is 1.81. The molecule has 2 rings (SSSR count). The number of carbonyl (C=O) groups is 1. The molecule has 0 atom stereocenters. The van der Waals surface area contributed by atoms with E-state index < -0.39 is 0 Å². The van der Waals surface area contributed by atoms with Gasteiger partial charge < -0.3 is 9.64 Å². The summed E-state index contributed by atoms with van der Waals surface area (Å²) in [6.07, 6.45) is 1.87. The maximum atomic E-state index is 11.6. The maximum absolute atomic E-state index is 11.6. The highest BCUT2D eigenvalue weighted by molar-refractivity contribution is 6.29. The van der Waals surface area contributed by atoms with Crippen LogP contribution in [0.15, 0.2) is 18.7 Å². The third kappa shape index (κ3) is 2.74. The van der Waals surface area contributed by atoms with E-state index >= 15 is 0 Å². The zero-order valence-electron chi connectivity index (χ0n) is 9.23. The summed E-state index contributed by atoms with van der Waals surface area (Å²) < 4.78 is 4.98. The average molecular weight is 254 g/mol. The first-order chi connectivity index (χ1) is 8.20. The van der Waals surface area contributed by atoms with Crippen molar-refractivity contribution >= 4 is 17.7 Å². The van der Waals surface area contributed by atoms with Crippen molar-refractivity contribution in [2.45, 2.75) is 13.0 Å². The summed E-state index contributed by atoms with van der Waals surface area (Å²) in [5, 5.41) is 8.12. The molecule has 0 saturated heterocycles. The lowest BCUT2D eigenvalue weighted by molar-refractivity contribution is 0.107. The number of rotatable bonds is 2. The fraction of sp³-hybridized carbons (Fsp3) is 0.364. The lowest BCUT2D eigenvalue weighted by Gasteiger charge is -2.26. The van der Waals surface area contributed by atoms with E-state index in [9.17, 15) is 4.79 Å². The lowest BCUT2D eigenvalue weighted by atomic mass is 10.1. The van der Waals surface area contributed by atoms with Crippen LogP contribution < -0.4 is 0 Å². The molecule has 0 N–H and O–H groups in total. The Morgan fingerprint density at radius 1 is 1.65 bits per heavy atom. The molecule has 1 aromatic rings. The molecule has 1 amide bonds. The Hall–Kier alpha value is -1.62. The maximum Gasteiger partial charge on any atom is 0.410 e. The number of amides is 1. The normalized spacial score (nSPS) is 14.1. The molecule has 1 aliphatic heterocycles. The summed E-state index contributed by atoms with van der Waals surface area (Å²) in [4.78, 5) is 13.3. The van der Waals surface area contributed by atoms with E-state index in [4.69, 9.17) is 16.3 Å². The predicted octanol–water partition coefficient (Wildman–Crippen LogP) is 1.81. The number of nitrogens with zero attached hydrogens (tertiary/aromatic N) is 3. The summed E-state index contributed by atoms with van der Waals surface area (Å²) in [5.74, 6) is 0. The van der Waals surface area contributed by atoms with Crippen molar-refractivity contribution < 1.29 is 9.53 Å². The van der Waals surface area contributed by atoms with Crippen molar-refractivity contribution in [3.63, 3.8) is 0 Å². The van der Waals surface area contributed by atoms with E-state index in [1.807, 2.05) is 0 Å². The second kappa shape index (κ2) is 5.14. The molecule has 17 heavy (non-hydrogen) atoms. The number of aromatic nitrogens is 2. The van der Waals surface area contributed by atoms with Crippen LogP contribution in [-0.4, -0.2) is 34.3 Å². The van der Waals surface area contributed by atoms with Gasteiger partial charge in [-0.1, -0.05) is 24.3 Å². The second-order valence-electron chi connectivity index (χ2n) is 3.68. The van der Waals surface area contributed by atoms with E-state index in [0.29, 0.717) is 24.7 Å². The van der Waals surface area contributed by atoms with Gasteiger partial charge in [-0.3, -0.25) is 0 Å². The van der Waals surface area contributed by atoms with Crippen LogP contribution in [0.5, 0.6) is 0 Å². The number of carbonyl (C=O) groups excluding carboxylic acids is 1. The first-order valence-corrected chi connectivity index (χ1v) is 5.62. The van der Waals surface area contributed by atoms with Crippen LogP contribution in [-0.2, 0) is 17.7 Å². The van der Waals surface area contributed by atoms with Gasteiger partial charge in [0, 0.05) is 13.0 Å². The van der Waals surface area contributed by atoms with Crippen LogP contribution in [0.3, 0.4) is 0 Å². The van der Waals surface area contributed by atoms with Crippen molar-refractivity contribution in [2.24, 2.45) is 0 Å². The number of halogens is 1. The minimum atomic E-state index is -0.344. The molecular formula is C11H12ClN3O2. The molecule has 0 bridgehead atoms. The number of hydrogen-bond acceptors (Lipinski definition) is 4. The number of hydrogen-bond donors (Lipinski definition) is 0. The molecule has 5 nitrogen and oxygen atoms in total. The standard InChI is InChI=1S/C11H12ClN3O2/c1-2-5-17-11(16)15-4-3-9-8(7-15)6-10(12)14-13-9/h2,6H,1,3-5,7H2. The minimum Gasteiger partial charge on any atom is -0.445 e. The molecule has 0 aliphatic carbocycles. The van der Waals surface area contributed by atoms with Gasteiger partial charge in [0.2, 0.25) is 0 Å². The van der Waals surface area contributed by atoms with Crippen molar-refractivity contribution in [3.05, 3.63) is 35.1 Å². The Kier molecular flexibility index (Phi) is 3.58. The molecular weight excluding hydrogens is 242 g/mol. The van der Waals surface area contributed by atoms with E-state index in [-0.39, 0.29) is 12.7 Å². The van der Waals surface area contributed by atoms with Crippen LogP contribution in [0.25, 0.3) is 0 Å². The van der Waals surface area contributed by atoms with Gasteiger partial charge in [0.1, 0.15) is 6.61 Å². The highest BCUT2D eigenvalue weighted by Gasteiger charge is 2.22. The number of fused-ring (bicyclic) bond motifs is 1. The summed E-state index contributed by atoms with van der Waals surface area (Å²) in [6.45, 7) is 4.76. The Bertz CT molecular complexity index is 450. The van der Waals surface area contributed by atoms with Crippen molar-refractivity contribution in [3.8, 4) is 0 Å². The van der Waals surface area contributed by atoms with E-state index in [0.717, 1.165) is 11.3 Å². The van der Waals surface area contributed by atoms with Crippen LogP contribution in [0, 0.1) is 0 Å². The largest absolute Gasteiger partial charge is 0.445 e. The highest BCUT2D eigenvalue weighted by atomic mass is 35.5.